The molecule has 0 aromatic carbocycles. The smallest absolute Gasteiger partial charge is 0.408 e. The van der Waals surface area contributed by atoms with Gasteiger partial charge in [0.2, 0.25) is 0 Å². The molecule has 0 amide bonds. The average molecular weight is 329 g/mol. The van der Waals surface area contributed by atoms with Crippen LogP contribution in [0.3, 0.4) is 0 Å². The molecule has 0 atom stereocenters. The van der Waals surface area contributed by atoms with Crippen molar-refractivity contribution in [2.45, 2.75) is 12.7 Å². The summed E-state index contributed by atoms with van der Waals surface area (Å²) in [6, 6.07) is 1.50. The average Bonchev–Trinajstić information content (AvgIpc) is 2.98. The van der Waals surface area contributed by atoms with Gasteiger partial charge in [-0.3, -0.25) is 0 Å². The number of guanidine groups is 1. The van der Waals surface area contributed by atoms with E-state index in [0.717, 1.165) is 0 Å². The van der Waals surface area contributed by atoms with E-state index in [1.54, 1.807) is 18.7 Å². The largest absolute Gasteiger partial charge is 0.462 e. The van der Waals surface area contributed by atoms with Crippen molar-refractivity contribution in [2.24, 2.45) is 10.7 Å². The summed E-state index contributed by atoms with van der Waals surface area (Å²) in [4.78, 5) is 14.9. The van der Waals surface area contributed by atoms with E-state index in [1.165, 1.54) is 12.3 Å². The summed E-state index contributed by atoms with van der Waals surface area (Å²) in [5, 5.41) is 2.44. The molecule has 0 bridgehead atoms. The summed E-state index contributed by atoms with van der Waals surface area (Å²) in [7, 11) is 0. The van der Waals surface area contributed by atoms with Crippen LogP contribution in [0.4, 0.5) is 19.0 Å². The number of aromatic nitrogens is 4. The number of imidazole rings is 1. The standard InChI is InChI=1S/C12H14F3N7O/c13-12(14,15)7-19-10(16)20-9-1-2-18-11(21-9)23-6-5-22-4-3-17-8-22/h1-4,8H,5-7H2,(H3,16,18,19,20,21). The highest BCUT2D eigenvalue weighted by atomic mass is 19.4. The third-order valence-electron chi connectivity index (χ3n) is 2.46. The van der Waals surface area contributed by atoms with Crippen LogP contribution < -0.4 is 15.8 Å². The second kappa shape index (κ2) is 7.42. The highest BCUT2D eigenvalue weighted by Crippen LogP contribution is 2.14. The summed E-state index contributed by atoms with van der Waals surface area (Å²) in [6.07, 6.45) is 2.03. The van der Waals surface area contributed by atoms with Gasteiger partial charge in [0, 0.05) is 18.6 Å². The molecule has 0 aliphatic carbocycles. The number of nitrogens with one attached hydrogen (secondary N) is 1. The number of anilines is 1. The van der Waals surface area contributed by atoms with Gasteiger partial charge in [-0.1, -0.05) is 0 Å². The first kappa shape index (κ1) is 16.5. The quantitative estimate of drug-likeness (QED) is 0.606. The Morgan fingerprint density at radius 1 is 1.39 bits per heavy atom. The Morgan fingerprint density at radius 3 is 2.91 bits per heavy atom. The Bertz CT molecular complexity index is 642. The van der Waals surface area contributed by atoms with Crippen molar-refractivity contribution in [2.75, 3.05) is 18.5 Å². The maximum absolute atomic E-state index is 12.0. The Labute approximate surface area is 129 Å². The minimum Gasteiger partial charge on any atom is -0.462 e. The lowest BCUT2D eigenvalue weighted by Gasteiger charge is -2.08. The fourth-order valence-corrected chi connectivity index (χ4v) is 1.49. The van der Waals surface area contributed by atoms with E-state index in [0.29, 0.717) is 13.2 Å². The lowest BCUT2D eigenvalue weighted by atomic mass is 10.6. The third-order valence-corrected chi connectivity index (χ3v) is 2.46. The Kier molecular flexibility index (Phi) is 5.33. The number of ether oxygens (including phenoxy) is 1. The van der Waals surface area contributed by atoms with E-state index < -0.39 is 18.7 Å². The van der Waals surface area contributed by atoms with Gasteiger partial charge in [-0.05, 0) is 6.07 Å². The predicted molar refractivity (Wildman–Crippen MR) is 75.9 cm³/mol. The Hall–Kier alpha value is -2.85. The molecule has 0 spiro atoms. The van der Waals surface area contributed by atoms with Crippen LogP contribution in [0.5, 0.6) is 6.01 Å². The predicted octanol–water partition coefficient (Wildman–Crippen LogP) is 1.04. The minimum absolute atomic E-state index is 0.0683. The second-order valence-electron chi connectivity index (χ2n) is 4.32. The number of halogens is 3. The molecule has 3 N–H and O–H groups in total. The molecule has 11 heteroatoms. The summed E-state index contributed by atoms with van der Waals surface area (Å²) in [5.41, 5.74) is 5.35. The lowest BCUT2D eigenvalue weighted by Crippen LogP contribution is -2.26. The number of nitrogens with two attached hydrogens (primary N) is 1. The van der Waals surface area contributed by atoms with Crippen LogP contribution in [-0.2, 0) is 6.54 Å². The first-order chi connectivity index (χ1) is 10.9. The molecule has 8 nitrogen and oxygen atoms in total. The first-order valence-electron chi connectivity index (χ1n) is 6.48. The second-order valence-corrected chi connectivity index (χ2v) is 4.32. The number of hydrogen-bond donors (Lipinski definition) is 2. The monoisotopic (exact) mass is 329 g/mol. The van der Waals surface area contributed by atoms with Gasteiger partial charge in [0.05, 0.1) is 12.9 Å². The topological polar surface area (TPSA) is 103 Å². The van der Waals surface area contributed by atoms with E-state index in [9.17, 15) is 13.2 Å². The van der Waals surface area contributed by atoms with Crippen LogP contribution in [0, 0.1) is 0 Å². The minimum atomic E-state index is -4.42. The Balaban J connectivity index is 1.86. The third kappa shape index (κ3) is 6.20. The molecule has 0 saturated heterocycles. The van der Waals surface area contributed by atoms with Gasteiger partial charge in [0.25, 0.3) is 0 Å². The molecule has 2 rings (SSSR count). The molecule has 23 heavy (non-hydrogen) atoms. The van der Waals surface area contributed by atoms with E-state index in [-0.39, 0.29) is 11.8 Å². The lowest BCUT2D eigenvalue weighted by molar-refractivity contribution is -0.118. The fourth-order valence-electron chi connectivity index (χ4n) is 1.49. The molecule has 124 valence electrons. The van der Waals surface area contributed by atoms with Crippen molar-refractivity contribution < 1.29 is 17.9 Å². The van der Waals surface area contributed by atoms with Gasteiger partial charge >= 0.3 is 12.2 Å². The van der Waals surface area contributed by atoms with Gasteiger partial charge in [-0.15, -0.1) is 0 Å². The number of rotatable bonds is 6. The van der Waals surface area contributed by atoms with Crippen LogP contribution in [0.25, 0.3) is 0 Å². The molecule has 0 radical (unpaired) electrons. The fraction of sp³-hybridized carbons (Fsp3) is 0.333. The van der Waals surface area contributed by atoms with Gasteiger partial charge in [0.1, 0.15) is 19.0 Å². The molecule has 0 aliphatic rings. The summed E-state index contributed by atoms with van der Waals surface area (Å²) < 4.78 is 43.3. The van der Waals surface area contributed by atoms with Gasteiger partial charge in [-0.25, -0.2) is 15.0 Å². The highest BCUT2D eigenvalue weighted by Gasteiger charge is 2.26. The zero-order valence-corrected chi connectivity index (χ0v) is 11.9. The van der Waals surface area contributed by atoms with E-state index in [4.69, 9.17) is 10.5 Å². The molecule has 2 heterocycles. The van der Waals surface area contributed by atoms with Crippen LogP contribution in [0.2, 0.25) is 0 Å². The number of nitrogens with zero attached hydrogens (tertiary/aromatic N) is 5. The van der Waals surface area contributed by atoms with Crippen molar-refractivity contribution in [1.82, 2.24) is 19.5 Å². The maximum atomic E-state index is 12.0. The zero-order valence-electron chi connectivity index (χ0n) is 11.9. The van der Waals surface area contributed by atoms with Crippen molar-refractivity contribution in [3.05, 3.63) is 31.0 Å². The van der Waals surface area contributed by atoms with E-state index in [2.05, 4.69) is 25.3 Å². The summed E-state index contributed by atoms with van der Waals surface area (Å²) in [5.74, 6) is -0.216. The number of hydrogen-bond acceptors (Lipinski definition) is 5. The maximum Gasteiger partial charge on any atom is 0.408 e. The van der Waals surface area contributed by atoms with Crippen LogP contribution in [-0.4, -0.2) is 44.8 Å². The summed E-state index contributed by atoms with van der Waals surface area (Å²) >= 11 is 0. The SMILES string of the molecule is NC(=NCC(F)(F)F)Nc1ccnc(OCCn2ccnc2)n1. The number of alkyl halides is 3. The summed E-state index contributed by atoms with van der Waals surface area (Å²) in [6.45, 7) is -0.515. The van der Waals surface area contributed by atoms with Crippen molar-refractivity contribution in [1.29, 1.82) is 0 Å². The van der Waals surface area contributed by atoms with E-state index in [1.807, 2.05) is 4.57 Å². The molecular weight excluding hydrogens is 315 g/mol. The molecule has 0 aliphatic heterocycles. The normalized spacial score (nSPS) is 12.2. The zero-order chi connectivity index (χ0) is 16.7. The molecule has 0 unspecified atom stereocenters. The Morgan fingerprint density at radius 2 is 2.22 bits per heavy atom. The van der Waals surface area contributed by atoms with Crippen LogP contribution in [0.15, 0.2) is 36.0 Å². The van der Waals surface area contributed by atoms with Gasteiger partial charge in [0.15, 0.2) is 5.96 Å². The molecular formula is C12H14F3N7O. The van der Waals surface area contributed by atoms with Crippen molar-refractivity contribution in [3.8, 4) is 6.01 Å². The molecule has 0 fully saturated rings. The molecule has 2 aromatic rings. The number of aliphatic imine (C=N–C) groups is 1. The first-order valence-corrected chi connectivity index (χ1v) is 6.48. The highest BCUT2D eigenvalue weighted by molar-refractivity contribution is 5.91. The molecule has 0 saturated carbocycles. The van der Waals surface area contributed by atoms with E-state index >= 15 is 0 Å². The van der Waals surface area contributed by atoms with Crippen molar-refractivity contribution >= 4 is 11.8 Å². The van der Waals surface area contributed by atoms with Gasteiger partial charge in [-0.2, -0.15) is 18.2 Å². The molecule has 2 aromatic heterocycles. The van der Waals surface area contributed by atoms with Crippen LogP contribution in [0.1, 0.15) is 0 Å². The van der Waals surface area contributed by atoms with Crippen LogP contribution >= 0.6 is 0 Å². The van der Waals surface area contributed by atoms with Crippen molar-refractivity contribution in [3.63, 3.8) is 0 Å². The van der Waals surface area contributed by atoms with Gasteiger partial charge < -0.3 is 20.4 Å².